The molecule has 0 fully saturated rings. The lowest BCUT2D eigenvalue weighted by Crippen LogP contribution is -2.45. The number of aryl methyl sites for hydroxylation is 2. The van der Waals surface area contributed by atoms with E-state index in [-0.39, 0.29) is 0 Å². The molecule has 0 bridgehead atoms. The van der Waals surface area contributed by atoms with Crippen LogP contribution in [0.15, 0.2) is 49.1 Å². The molecule has 1 N–H and O–H groups in total. The predicted molar refractivity (Wildman–Crippen MR) is 79.7 cm³/mol. The van der Waals surface area contributed by atoms with Crippen molar-refractivity contribution >= 4 is 11.9 Å². The first kappa shape index (κ1) is 17.4. The van der Waals surface area contributed by atoms with E-state index in [1.807, 2.05) is 17.8 Å². The van der Waals surface area contributed by atoms with E-state index < -0.39 is 17.9 Å². The summed E-state index contributed by atoms with van der Waals surface area (Å²) in [6.07, 6.45) is 6.14. The van der Waals surface area contributed by atoms with Gasteiger partial charge in [-0.05, 0) is 26.0 Å². The molecule has 1 heterocycles. The average molecular weight is 303 g/mol. The summed E-state index contributed by atoms with van der Waals surface area (Å²) in [5.41, 5.74) is 0.431. The summed E-state index contributed by atoms with van der Waals surface area (Å²) in [5.74, 6) is -1.71. The number of carboxylic acids is 1. The van der Waals surface area contributed by atoms with E-state index in [1.54, 1.807) is 30.3 Å². The summed E-state index contributed by atoms with van der Waals surface area (Å²) in [4.78, 5) is 21.7. The zero-order valence-electron chi connectivity index (χ0n) is 13.0. The first-order valence-electron chi connectivity index (χ1n) is 7.01. The van der Waals surface area contributed by atoms with E-state index in [0.29, 0.717) is 5.56 Å². The summed E-state index contributed by atoms with van der Waals surface area (Å²) < 4.78 is 4.16. The second-order valence-corrected chi connectivity index (χ2v) is 4.79. The van der Waals surface area contributed by atoms with Crippen molar-refractivity contribution in [2.45, 2.75) is 26.4 Å². The number of hydrogen-bond donors (Lipinski definition) is 1. The van der Waals surface area contributed by atoms with Crippen LogP contribution >= 0.6 is 0 Å². The molecule has 118 valence electrons. The lowest BCUT2D eigenvalue weighted by molar-refractivity contribution is -0.671. The lowest BCUT2D eigenvalue weighted by Gasteiger charge is -2.14. The van der Waals surface area contributed by atoms with Gasteiger partial charge >= 0.3 is 0 Å². The molecule has 1 atom stereocenters. The fourth-order valence-electron chi connectivity index (χ4n) is 1.62. The molecule has 0 spiro atoms. The summed E-state index contributed by atoms with van der Waals surface area (Å²) in [6.45, 7) is 4.54. The Labute approximate surface area is 130 Å². The Morgan fingerprint density at radius 2 is 1.95 bits per heavy atom. The Kier molecular flexibility index (Phi) is 6.82. The lowest BCUT2D eigenvalue weighted by atomic mass is 10.2. The summed E-state index contributed by atoms with van der Waals surface area (Å²) in [7, 11) is 2.02. The van der Waals surface area contributed by atoms with Gasteiger partial charge < -0.3 is 15.2 Å². The zero-order valence-corrected chi connectivity index (χ0v) is 13.0. The normalized spacial score (nSPS) is 11.0. The Morgan fingerprint density at radius 3 is 2.36 bits per heavy atom. The second-order valence-electron chi connectivity index (χ2n) is 4.79. The van der Waals surface area contributed by atoms with Crippen LogP contribution in [0.25, 0.3) is 0 Å². The number of benzene rings is 1. The highest BCUT2D eigenvalue weighted by atomic mass is 16.4. The number of nitrogens with one attached hydrogen (secondary N) is 1. The Morgan fingerprint density at radius 1 is 1.32 bits per heavy atom. The van der Waals surface area contributed by atoms with Gasteiger partial charge in [0, 0.05) is 5.56 Å². The molecule has 0 aliphatic carbocycles. The maximum atomic E-state index is 11.4. The Bertz CT molecular complexity index is 608. The largest absolute Gasteiger partial charge is 0.548 e. The first-order chi connectivity index (χ1) is 10.4. The van der Waals surface area contributed by atoms with Crippen LogP contribution in [0.4, 0.5) is 0 Å². The minimum absolute atomic E-state index is 0.415. The molecule has 1 amide bonds. The monoisotopic (exact) mass is 303 g/mol. The fraction of sp³-hybridized carbons (Fsp3) is 0.312. The number of amides is 1. The van der Waals surface area contributed by atoms with Gasteiger partial charge in [-0.25, -0.2) is 9.13 Å². The highest BCUT2D eigenvalue weighted by molar-refractivity contribution is 5.96. The van der Waals surface area contributed by atoms with Gasteiger partial charge in [0.05, 0.1) is 25.6 Å². The topological polar surface area (TPSA) is 78.0 Å². The summed E-state index contributed by atoms with van der Waals surface area (Å²) in [5, 5.41) is 12.6. The molecule has 1 aromatic carbocycles. The molecule has 0 saturated heterocycles. The highest BCUT2D eigenvalue weighted by Crippen LogP contribution is 1.98. The van der Waals surface area contributed by atoms with E-state index >= 15 is 0 Å². The van der Waals surface area contributed by atoms with Crippen LogP contribution in [-0.4, -0.2) is 22.5 Å². The molecule has 2 rings (SSSR count). The molecule has 6 heteroatoms. The van der Waals surface area contributed by atoms with Crippen molar-refractivity contribution in [1.82, 2.24) is 9.88 Å². The third-order valence-electron chi connectivity index (χ3n) is 2.93. The maximum Gasteiger partial charge on any atom is 0.251 e. The van der Waals surface area contributed by atoms with E-state index in [2.05, 4.69) is 29.3 Å². The molecule has 0 saturated carbocycles. The molecule has 2 aromatic rings. The number of hydrogen-bond acceptors (Lipinski definition) is 3. The van der Waals surface area contributed by atoms with Crippen molar-refractivity contribution < 1.29 is 19.3 Å². The standard InChI is InChI=1S/C10H11NO3.C6H11N2/c1-7(10(13)14)11-9(12)8-5-3-2-4-6-8;1-3-8-5-4-7(2)6-8/h2-7H,1H3,(H,11,12)(H,13,14);4-6H,3H2,1-2H3/q;+1/p-1/t7-;/m0./s1. The molecule has 0 radical (unpaired) electrons. The molecule has 1 aromatic heterocycles. The third-order valence-corrected chi connectivity index (χ3v) is 2.93. The van der Waals surface area contributed by atoms with Gasteiger partial charge in [-0.15, -0.1) is 0 Å². The van der Waals surface area contributed by atoms with Crippen LogP contribution in [0.3, 0.4) is 0 Å². The predicted octanol–water partition coefficient (Wildman–Crippen LogP) is -0.113. The molecule has 0 unspecified atom stereocenters. The van der Waals surface area contributed by atoms with Gasteiger partial charge in [0.25, 0.3) is 5.91 Å². The number of aromatic nitrogens is 2. The summed E-state index contributed by atoms with van der Waals surface area (Å²) >= 11 is 0. The van der Waals surface area contributed by atoms with Crippen LogP contribution in [0.1, 0.15) is 24.2 Å². The smallest absolute Gasteiger partial charge is 0.251 e. The molecular weight excluding hydrogens is 282 g/mol. The third kappa shape index (κ3) is 5.78. The Balaban J connectivity index is 0.000000255. The van der Waals surface area contributed by atoms with Gasteiger partial charge in [-0.3, -0.25) is 4.79 Å². The van der Waals surface area contributed by atoms with Crippen LogP contribution in [0.5, 0.6) is 0 Å². The molecule has 0 aliphatic heterocycles. The van der Waals surface area contributed by atoms with Crippen LogP contribution in [-0.2, 0) is 18.4 Å². The number of rotatable bonds is 4. The van der Waals surface area contributed by atoms with E-state index in [1.165, 1.54) is 6.92 Å². The van der Waals surface area contributed by atoms with Crippen molar-refractivity contribution in [3.63, 3.8) is 0 Å². The number of carboxylic acid groups (broad SMARTS) is 1. The highest BCUT2D eigenvalue weighted by Gasteiger charge is 2.08. The average Bonchev–Trinajstić information content (AvgIpc) is 2.94. The molecule has 6 nitrogen and oxygen atoms in total. The number of aliphatic carboxylic acids is 1. The zero-order chi connectivity index (χ0) is 16.5. The van der Waals surface area contributed by atoms with Gasteiger partial charge in [-0.2, -0.15) is 0 Å². The van der Waals surface area contributed by atoms with Crippen LogP contribution < -0.4 is 15.0 Å². The molecule has 22 heavy (non-hydrogen) atoms. The van der Waals surface area contributed by atoms with Crippen molar-refractivity contribution in [3.05, 3.63) is 54.6 Å². The van der Waals surface area contributed by atoms with Gasteiger partial charge in [0.1, 0.15) is 12.4 Å². The minimum atomic E-state index is -1.30. The van der Waals surface area contributed by atoms with Crippen molar-refractivity contribution in [2.75, 3.05) is 0 Å². The summed E-state index contributed by atoms with van der Waals surface area (Å²) in [6, 6.07) is 7.42. The van der Waals surface area contributed by atoms with E-state index in [4.69, 9.17) is 0 Å². The second kappa shape index (κ2) is 8.61. The van der Waals surface area contributed by atoms with Gasteiger partial charge in [0.2, 0.25) is 6.33 Å². The first-order valence-corrected chi connectivity index (χ1v) is 7.01. The van der Waals surface area contributed by atoms with Crippen molar-refractivity contribution in [1.29, 1.82) is 0 Å². The fourth-order valence-corrected chi connectivity index (χ4v) is 1.62. The van der Waals surface area contributed by atoms with Crippen molar-refractivity contribution in [2.24, 2.45) is 7.05 Å². The molecular formula is C16H21N3O3. The maximum absolute atomic E-state index is 11.4. The quantitative estimate of drug-likeness (QED) is 0.800. The number of nitrogens with zero attached hydrogens (tertiary/aromatic N) is 2. The number of imidazole rings is 1. The van der Waals surface area contributed by atoms with Crippen LogP contribution in [0, 0.1) is 0 Å². The SMILES string of the molecule is CCn1cc[n+](C)c1.C[C@H](NC(=O)c1ccccc1)C(=O)[O-]. The Hall–Kier alpha value is -2.63. The van der Waals surface area contributed by atoms with Gasteiger partial charge in [0.15, 0.2) is 0 Å². The van der Waals surface area contributed by atoms with E-state index in [9.17, 15) is 14.7 Å². The van der Waals surface area contributed by atoms with E-state index in [0.717, 1.165) is 6.54 Å². The molecule has 0 aliphatic rings. The number of carbonyl (C=O) groups excluding carboxylic acids is 2. The number of carbonyl (C=O) groups is 2. The van der Waals surface area contributed by atoms with Crippen molar-refractivity contribution in [3.8, 4) is 0 Å². The van der Waals surface area contributed by atoms with Gasteiger partial charge in [-0.1, -0.05) is 18.2 Å². The minimum Gasteiger partial charge on any atom is -0.548 e. The van der Waals surface area contributed by atoms with Crippen LogP contribution in [0.2, 0.25) is 0 Å².